The molecule has 0 bridgehead atoms. The summed E-state index contributed by atoms with van der Waals surface area (Å²) >= 11 is 9.37. The zero-order valence-corrected chi connectivity index (χ0v) is 13.3. The summed E-state index contributed by atoms with van der Waals surface area (Å²) in [6, 6.07) is 8.93. The van der Waals surface area contributed by atoms with E-state index in [1.54, 1.807) is 29.7 Å². The van der Waals surface area contributed by atoms with E-state index in [-0.39, 0.29) is 0 Å². The van der Waals surface area contributed by atoms with E-state index in [4.69, 9.17) is 11.6 Å². The van der Waals surface area contributed by atoms with Gasteiger partial charge in [-0.05, 0) is 37.3 Å². The summed E-state index contributed by atoms with van der Waals surface area (Å²) in [6.07, 6.45) is 0. The lowest BCUT2D eigenvalue weighted by Crippen LogP contribution is -2.04. The van der Waals surface area contributed by atoms with Crippen molar-refractivity contribution in [1.29, 1.82) is 0 Å². The smallest absolute Gasteiger partial charge is 0.148 e. The van der Waals surface area contributed by atoms with Crippen LogP contribution in [0.3, 0.4) is 0 Å². The first kappa shape index (κ1) is 14.5. The number of hydrogen-bond acceptors (Lipinski definition) is 1. The molecule has 6 heteroatoms. The molecule has 0 radical (unpaired) electrons. The van der Waals surface area contributed by atoms with Gasteiger partial charge in [0.15, 0.2) is 0 Å². The molecule has 21 heavy (non-hydrogen) atoms. The van der Waals surface area contributed by atoms with Crippen molar-refractivity contribution in [2.45, 2.75) is 12.3 Å². The summed E-state index contributed by atoms with van der Waals surface area (Å²) in [6.45, 7) is 1.74. The third-order valence-electron chi connectivity index (χ3n) is 3.15. The minimum Gasteiger partial charge on any atom is -0.292 e. The molecule has 0 aliphatic carbocycles. The van der Waals surface area contributed by atoms with Gasteiger partial charge in [0.1, 0.15) is 17.5 Å². The highest BCUT2D eigenvalue weighted by molar-refractivity contribution is 9.10. The Bertz CT molecular complexity index is 830. The maximum Gasteiger partial charge on any atom is 0.148 e. The first-order valence-corrected chi connectivity index (χ1v) is 7.47. The number of halogens is 4. The molecule has 2 nitrogen and oxygen atoms in total. The van der Waals surface area contributed by atoms with Crippen molar-refractivity contribution in [1.82, 2.24) is 9.55 Å². The minimum atomic E-state index is -0.441. The normalized spacial score (nSPS) is 12.8. The lowest BCUT2D eigenvalue weighted by molar-refractivity contribution is 0.615. The van der Waals surface area contributed by atoms with Gasteiger partial charge in [0.05, 0.1) is 22.1 Å². The van der Waals surface area contributed by atoms with Crippen LogP contribution in [0.15, 0.2) is 40.9 Å². The van der Waals surface area contributed by atoms with E-state index in [1.165, 1.54) is 18.2 Å². The highest BCUT2D eigenvalue weighted by Crippen LogP contribution is 2.30. The number of rotatable bonds is 2. The lowest BCUT2D eigenvalue weighted by atomic mass is 10.2. The van der Waals surface area contributed by atoms with E-state index in [1.807, 2.05) is 0 Å². The van der Waals surface area contributed by atoms with Gasteiger partial charge in [-0.1, -0.05) is 15.9 Å². The summed E-state index contributed by atoms with van der Waals surface area (Å²) in [5.74, 6) is -0.331. The summed E-state index contributed by atoms with van der Waals surface area (Å²) in [5.41, 5.74) is 1.38. The summed E-state index contributed by atoms with van der Waals surface area (Å²) in [7, 11) is 0. The third kappa shape index (κ3) is 2.56. The first-order valence-electron chi connectivity index (χ1n) is 6.25. The van der Waals surface area contributed by atoms with Crippen molar-refractivity contribution < 1.29 is 8.78 Å². The van der Waals surface area contributed by atoms with Crippen molar-refractivity contribution in [2.75, 3.05) is 0 Å². The first-order chi connectivity index (χ1) is 9.97. The fourth-order valence-electron chi connectivity index (χ4n) is 2.25. The maximum atomic E-state index is 14.3. The topological polar surface area (TPSA) is 17.8 Å². The molecule has 1 aromatic heterocycles. The van der Waals surface area contributed by atoms with Crippen LogP contribution < -0.4 is 0 Å². The Hall–Kier alpha value is -1.46. The van der Waals surface area contributed by atoms with Gasteiger partial charge in [0.2, 0.25) is 0 Å². The Morgan fingerprint density at radius 2 is 1.95 bits per heavy atom. The zero-order chi connectivity index (χ0) is 15.1. The second-order valence-electron chi connectivity index (χ2n) is 4.65. The molecule has 1 heterocycles. The second kappa shape index (κ2) is 5.39. The molecular weight excluding hydrogens is 362 g/mol. The van der Waals surface area contributed by atoms with Crippen LogP contribution in [-0.4, -0.2) is 9.55 Å². The van der Waals surface area contributed by atoms with Crippen molar-refractivity contribution in [2.24, 2.45) is 0 Å². The summed E-state index contributed by atoms with van der Waals surface area (Å²) in [4.78, 5) is 4.33. The molecular formula is C15H10BrClF2N2. The second-order valence-corrected chi connectivity index (χ2v) is 6.22. The fourth-order valence-corrected chi connectivity index (χ4v) is 2.73. The van der Waals surface area contributed by atoms with E-state index in [9.17, 15) is 8.78 Å². The standard InChI is InChI=1S/C15H10BrClF2N2/c1-8(17)15-20-12-7-10(18)3-5-14(12)21(15)13-4-2-9(16)6-11(13)19/h2-8H,1H3. The predicted octanol–water partition coefficient (Wildman–Crippen LogP) is 5.37. The van der Waals surface area contributed by atoms with Crippen LogP contribution in [0.2, 0.25) is 0 Å². The fraction of sp³-hybridized carbons (Fsp3) is 0.133. The van der Waals surface area contributed by atoms with Crippen LogP contribution in [0.25, 0.3) is 16.7 Å². The number of alkyl halides is 1. The van der Waals surface area contributed by atoms with Crippen LogP contribution in [0.4, 0.5) is 8.78 Å². The van der Waals surface area contributed by atoms with Gasteiger partial charge < -0.3 is 0 Å². The van der Waals surface area contributed by atoms with Crippen LogP contribution >= 0.6 is 27.5 Å². The van der Waals surface area contributed by atoms with E-state index in [2.05, 4.69) is 20.9 Å². The Kier molecular flexibility index (Phi) is 3.71. The number of hydrogen-bond donors (Lipinski definition) is 0. The van der Waals surface area contributed by atoms with E-state index in [0.717, 1.165) is 0 Å². The predicted molar refractivity (Wildman–Crippen MR) is 83.0 cm³/mol. The van der Waals surface area contributed by atoms with Gasteiger partial charge in [0.25, 0.3) is 0 Å². The molecule has 0 aliphatic heterocycles. The van der Waals surface area contributed by atoms with Crippen molar-refractivity contribution in [3.63, 3.8) is 0 Å². The molecule has 0 N–H and O–H groups in total. The zero-order valence-electron chi connectivity index (χ0n) is 10.9. The largest absolute Gasteiger partial charge is 0.292 e. The molecule has 0 fully saturated rings. The van der Waals surface area contributed by atoms with Gasteiger partial charge in [-0.15, -0.1) is 11.6 Å². The average Bonchev–Trinajstić information content (AvgIpc) is 2.77. The SMILES string of the molecule is CC(Cl)c1nc2cc(F)ccc2n1-c1ccc(Br)cc1F. The van der Waals surface area contributed by atoms with Gasteiger partial charge in [0, 0.05) is 10.5 Å². The van der Waals surface area contributed by atoms with Gasteiger partial charge in [-0.3, -0.25) is 4.57 Å². The molecule has 3 rings (SSSR count). The molecule has 0 aliphatic rings. The van der Waals surface area contributed by atoms with Crippen molar-refractivity contribution in [3.8, 4) is 5.69 Å². The molecule has 0 saturated heterocycles. The van der Waals surface area contributed by atoms with E-state index < -0.39 is 17.0 Å². The van der Waals surface area contributed by atoms with Crippen molar-refractivity contribution in [3.05, 3.63) is 58.3 Å². The van der Waals surface area contributed by atoms with Gasteiger partial charge in [-0.25, -0.2) is 13.8 Å². The monoisotopic (exact) mass is 370 g/mol. The van der Waals surface area contributed by atoms with Gasteiger partial charge >= 0.3 is 0 Å². The Morgan fingerprint density at radius 1 is 1.19 bits per heavy atom. The van der Waals surface area contributed by atoms with Crippen LogP contribution in [0.1, 0.15) is 18.1 Å². The Balaban J connectivity index is 2.36. The van der Waals surface area contributed by atoms with Crippen LogP contribution in [0.5, 0.6) is 0 Å². The molecule has 108 valence electrons. The van der Waals surface area contributed by atoms with E-state index in [0.29, 0.717) is 27.0 Å². The number of imidazole rings is 1. The molecule has 3 aromatic rings. The summed E-state index contributed by atoms with van der Waals surface area (Å²) in [5, 5.41) is -0.441. The average molecular weight is 372 g/mol. The molecule has 0 saturated carbocycles. The Labute approximate surface area is 133 Å². The minimum absolute atomic E-state index is 0.329. The van der Waals surface area contributed by atoms with Crippen LogP contribution in [0, 0.1) is 11.6 Å². The molecule has 0 spiro atoms. The van der Waals surface area contributed by atoms with Crippen LogP contribution in [-0.2, 0) is 0 Å². The number of fused-ring (bicyclic) bond motifs is 1. The molecule has 2 aromatic carbocycles. The van der Waals surface area contributed by atoms with E-state index >= 15 is 0 Å². The van der Waals surface area contributed by atoms with Crippen molar-refractivity contribution >= 4 is 38.6 Å². The Morgan fingerprint density at radius 3 is 2.62 bits per heavy atom. The third-order valence-corrected chi connectivity index (χ3v) is 3.84. The molecule has 0 amide bonds. The number of benzene rings is 2. The lowest BCUT2D eigenvalue weighted by Gasteiger charge is -2.11. The summed E-state index contributed by atoms with van der Waals surface area (Å²) < 4.78 is 29.9. The number of nitrogens with zero attached hydrogens (tertiary/aromatic N) is 2. The highest BCUT2D eigenvalue weighted by Gasteiger charge is 2.19. The van der Waals surface area contributed by atoms with Gasteiger partial charge in [-0.2, -0.15) is 0 Å². The molecule has 1 atom stereocenters. The maximum absolute atomic E-state index is 14.3. The molecule has 1 unspecified atom stereocenters. The quantitative estimate of drug-likeness (QED) is 0.554. The highest BCUT2D eigenvalue weighted by atomic mass is 79.9. The number of aromatic nitrogens is 2.